The minimum Gasteiger partial charge on any atom is -0.462 e. The molecule has 0 radical (unpaired) electrons. The van der Waals surface area contributed by atoms with Crippen LogP contribution in [0, 0.1) is 5.92 Å². The average molecular weight is 286 g/mol. The van der Waals surface area contributed by atoms with E-state index in [4.69, 9.17) is 4.74 Å². The second-order valence-corrected chi connectivity index (χ2v) is 4.76. The smallest absolute Gasteiger partial charge is 0.340 e. The summed E-state index contributed by atoms with van der Waals surface area (Å²) in [5.74, 6) is 0.326. The monoisotopic (exact) mass is 285 g/mol. The number of ether oxygens (including phenoxy) is 1. The van der Waals surface area contributed by atoms with Gasteiger partial charge in [0.15, 0.2) is 0 Å². The Bertz CT molecular complexity index is 353. The molecule has 16 heavy (non-hydrogen) atoms. The highest BCUT2D eigenvalue weighted by molar-refractivity contribution is 9.10. The molecule has 1 heterocycles. The van der Waals surface area contributed by atoms with E-state index in [1.54, 1.807) is 18.3 Å². The Hall–Kier alpha value is -0.900. The number of halogens is 1. The largest absolute Gasteiger partial charge is 0.462 e. The van der Waals surface area contributed by atoms with Gasteiger partial charge in [0.25, 0.3) is 0 Å². The van der Waals surface area contributed by atoms with Gasteiger partial charge in [-0.15, -0.1) is 0 Å². The molecule has 0 fully saturated rings. The van der Waals surface area contributed by atoms with Crippen molar-refractivity contribution >= 4 is 21.9 Å². The van der Waals surface area contributed by atoms with Crippen LogP contribution in [0.1, 0.15) is 37.0 Å². The minimum atomic E-state index is -0.316. The van der Waals surface area contributed by atoms with Crippen molar-refractivity contribution < 1.29 is 9.53 Å². The number of hydrogen-bond acceptors (Lipinski definition) is 3. The predicted octanol–water partition coefficient (Wildman–Crippen LogP) is 3.44. The van der Waals surface area contributed by atoms with Gasteiger partial charge in [0.2, 0.25) is 0 Å². The molecule has 3 nitrogen and oxygen atoms in total. The van der Waals surface area contributed by atoms with Crippen LogP contribution in [0.2, 0.25) is 0 Å². The highest BCUT2D eigenvalue weighted by atomic mass is 79.9. The van der Waals surface area contributed by atoms with Crippen LogP contribution in [0.25, 0.3) is 0 Å². The number of esters is 1. The molecule has 0 N–H and O–H groups in total. The van der Waals surface area contributed by atoms with Crippen molar-refractivity contribution in [3.63, 3.8) is 0 Å². The van der Waals surface area contributed by atoms with Gasteiger partial charge >= 0.3 is 5.97 Å². The molecule has 0 aliphatic heterocycles. The van der Waals surface area contributed by atoms with Gasteiger partial charge < -0.3 is 4.74 Å². The third-order valence-corrected chi connectivity index (χ3v) is 2.77. The number of pyridine rings is 1. The number of nitrogens with zero attached hydrogens (tertiary/aromatic N) is 1. The first-order valence-electron chi connectivity index (χ1n) is 5.39. The van der Waals surface area contributed by atoms with Crippen LogP contribution >= 0.6 is 15.9 Å². The predicted molar refractivity (Wildman–Crippen MR) is 66.3 cm³/mol. The number of carbonyl (C=O) groups excluding carboxylic acids is 1. The molecule has 0 unspecified atom stereocenters. The maximum absolute atomic E-state index is 11.6. The van der Waals surface area contributed by atoms with E-state index in [1.165, 1.54) is 0 Å². The van der Waals surface area contributed by atoms with E-state index < -0.39 is 0 Å². The number of hydrogen-bond donors (Lipinski definition) is 0. The molecule has 0 aromatic carbocycles. The fraction of sp³-hybridized carbons (Fsp3) is 0.500. The second-order valence-electron chi connectivity index (χ2n) is 4.01. The molecule has 0 aliphatic carbocycles. The molecule has 1 aromatic rings. The Balaban J connectivity index is 2.39. The highest BCUT2D eigenvalue weighted by Crippen LogP contribution is 2.14. The molecule has 88 valence electrons. The maximum atomic E-state index is 11.6. The summed E-state index contributed by atoms with van der Waals surface area (Å²) in [6.07, 6.45) is 3.60. The fourth-order valence-corrected chi connectivity index (χ4v) is 1.68. The molecule has 0 saturated carbocycles. The Morgan fingerprint density at radius 2 is 2.31 bits per heavy atom. The zero-order valence-electron chi connectivity index (χ0n) is 9.57. The molecule has 0 saturated heterocycles. The molecule has 0 atom stereocenters. The standard InChI is InChI=1S/C12H16BrNO2/c1-9(2)5-4-8-16-12(15)10-6-3-7-14-11(10)13/h3,6-7,9H,4-5,8H2,1-2H3. The van der Waals surface area contributed by atoms with Crippen molar-refractivity contribution in [3.05, 3.63) is 28.5 Å². The second kappa shape index (κ2) is 6.63. The number of aromatic nitrogens is 1. The maximum Gasteiger partial charge on any atom is 0.340 e. The lowest BCUT2D eigenvalue weighted by atomic mass is 10.1. The summed E-state index contributed by atoms with van der Waals surface area (Å²) in [4.78, 5) is 15.6. The minimum absolute atomic E-state index is 0.316. The van der Waals surface area contributed by atoms with E-state index in [1.807, 2.05) is 0 Å². The molecule has 4 heteroatoms. The lowest BCUT2D eigenvalue weighted by Gasteiger charge is -2.07. The van der Waals surface area contributed by atoms with Crippen LogP contribution in [0.5, 0.6) is 0 Å². The average Bonchev–Trinajstić information content (AvgIpc) is 2.24. The van der Waals surface area contributed by atoms with Crippen LogP contribution in [0.3, 0.4) is 0 Å². The molecular formula is C12H16BrNO2. The lowest BCUT2D eigenvalue weighted by molar-refractivity contribution is 0.0493. The van der Waals surface area contributed by atoms with E-state index in [2.05, 4.69) is 34.8 Å². The van der Waals surface area contributed by atoms with Crippen LogP contribution in [0.15, 0.2) is 22.9 Å². The van der Waals surface area contributed by atoms with Crippen LogP contribution in [-0.4, -0.2) is 17.6 Å². The first kappa shape index (κ1) is 13.2. The normalized spacial score (nSPS) is 10.5. The first-order chi connectivity index (χ1) is 7.61. The van der Waals surface area contributed by atoms with Crippen molar-refractivity contribution in [3.8, 4) is 0 Å². The zero-order chi connectivity index (χ0) is 12.0. The van der Waals surface area contributed by atoms with Crippen molar-refractivity contribution in [2.24, 2.45) is 5.92 Å². The summed E-state index contributed by atoms with van der Waals surface area (Å²) >= 11 is 3.22. The van der Waals surface area contributed by atoms with Crippen molar-refractivity contribution in [2.45, 2.75) is 26.7 Å². The van der Waals surface area contributed by atoms with Gasteiger partial charge in [-0.2, -0.15) is 0 Å². The van der Waals surface area contributed by atoms with Crippen molar-refractivity contribution in [1.82, 2.24) is 4.98 Å². The summed E-state index contributed by atoms with van der Waals surface area (Å²) in [6, 6.07) is 3.41. The number of rotatable bonds is 5. The Morgan fingerprint density at radius 3 is 2.94 bits per heavy atom. The van der Waals surface area contributed by atoms with Crippen LogP contribution < -0.4 is 0 Å². The topological polar surface area (TPSA) is 39.2 Å². The third kappa shape index (κ3) is 4.31. The SMILES string of the molecule is CC(C)CCCOC(=O)c1cccnc1Br. The molecule has 0 aliphatic rings. The lowest BCUT2D eigenvalue weighted by Crippen LogP contribution is -2.08. The molecule has 1 rings (SSSR count). The van der Waals surface area contributed by atoms with Gasteiger partial charge in [0.05, 0.1) is 12.2 Å². The van der Waals surface area contributed by atoms with Gasteiger partial charge in [-0.25, -0.2) is 9.78 Å². The van der Waals surface area contributed by atoms with Crippen molar-refractivity contribution in [2.75, 3.05) is 6.61 Å². The molecule has 0 bridgehead atoms. The summed E-state index contributed by atoms with van der Waals surface area (Å²) < 4.78 is 5.68. The third-order valence-electron chi connectivity index (χ3n) is 2.14. The summed E-state index contributed by atoms with van der Waals surface area (Å²) in [7, 11) is 0. The summed E-state index contributed by atoms with van der Waals surface area (Å²) in [5.41, 5.74) is 0.479. The van der Waals surface area contributed by atoms with E-state index in [0.29, 0.717) is 22.7 Å². The zero-order valence-corrected chi connectivity index (χ0v) is 11.2. The van der Waals surface area contributed by atoms with Gasteiger partial charge in [-0.05, 0) is 46.8 Å². The summed E-state index contributed by atoms with van der Waals surface area (Å²) in [6.45, 7) is 4.78. The quantitative estimate of drug-likeness (QED) is 0.473. The fourth-order valence-electron chi connectivity index (χ4n) is 1.27. The van der Waals surface area contributed by atoms with E-state index in [9.17, 15) is 4.79 Å². The molecule has 0 spiro atoms. The highest BCUT2D eigenvalue weighted by Gasteiger charge is 2.11. The Morgan fingerprint density at radius 1 is 1.56 bits per heavy atom. The number of carbonyl (C=O) groups is 1. The van der Waals surface area contributed by atoms with E-state index in [-0.39, 0.29) is 5.97 Å². The molecule has 1 aromatic heterocycles. The summed E-state index contributed by atoms with van der Waals surface area (Å²) in [5, 5.41) is 0. The van der Waals surface area contributed by atoms with Gasteiger partial charge in [-0.1, -0.05) is 13.8 Å². The van der Waals surface area contributed by atoms with E-state index >= 15 is 0 Å². The van der Waals surface area contributed by atoms with Crippen LogP contribution in [0.4, 0.5) is 0 Å². The Kier molecular flexibility index (Phi) is 5.46. The molecular weight excluding hydrogens is 270 g/mol. The van der Waals surface area contributed by atoms with Gasteiger partial charge in [0, 0.05) is 6.20 Å². The first-order valence-corrected chi connectivity index (χ1v) is 6.18. The van der Waals surface area contributed by atoms with Gasteiger partial charge in [0.1, 0.15) is 4.60 Å². The van der Waals surface area contributed by atoms with Gasteiger partial charge in [-0.3, -0.25) is 0 Å². The molecule has 0 amide bonds. The van der Waals surface area contributed by atoms with Crippen LogP contribution in [-0.2, 0) is 4.74 Å². The van der Waals surface area contributed by atoms with Crippen molar-refractivity contribution in [1.29, 1.82) is 0 Å². The van der Waals surface area contributed by atoms with E-state index in [0.717, 1.165) is 12.8 Å². The Labute approximate surface area is 104 Å².